The third-order valence-electron chi connectivity index (χ3n) is 5.43. The number of aromatic nitrogens is 1. The molecular formula is C21H18BrF4N4O4S2+. The molecule has 1 saturated heterocycles. The predicted octanol–water partition coefficient (Wildman–Crippen LogP) is 2.69. The van der Waals surface area contributed by atoms with Crippen molar-refractivity contribution in [1.82, 2.24) is 9.88 Å². The van der Waals surface area contributed by atoms with E-state index in [1.54, 1.807) is 23.4 Å². The van der Waals surface area contributed by atoms with Crippen molar-refractivity contribution in [2.24, 2.45) is 10.9 Å². The lowest BCUT2D eigenvalue weighted by Crippen LogP contribution is -2.77. The number of sulfonamides is 1. The molecular weight excluding hydrogens is 592 g/mol. The number of thiazole rings is 1. The minimum atomic E-state index is -5.59. The molecule has 4 rings (SSSR count). The molecule has 0 radical (unpaired) electrons. The zero-order valence-electron chi connectivity index (χ0n) is 18.4. The first-order valence-electron chi connectivity index (χ1n) is 10.4. The molecule has 0 spiro atoms. The molecule has 2 aliphatic rings. The predicted molar refractivity (Wildman–Crippen MR) is 126 cm³/mol. The van der Waals surface area contributed by atoms with Gasteiger partial charge in [0.15, 0.2) is 17.1 Å². The second-order valence-corrected chi connectivity index (χ2v) is 11.2. The zero-order chi connectivity index (χ0) is 26.3. The number of aliphatic imine (C=N–C) groups is 1. The van der Waals surface area contributed by atoms with Crippen LogP contribution in [0.3, 0.4) is 0 Å². The molecule has 1 aromatic carbocycles. The van der Waals surface area contributed by atoms with E-state index in [2.05, 4.69) is 20.9 Å². The van der Waals surface area contributed by atoms with Gasteiger partial charge < -0.3 is 9.64 Å². The number of nitrogens with zero attached hydrogens (tertiary/aromatic N) is 3. The van der Waals surface area contributed by atoms with Gasteiger partial charge in [0.25, 0.3) is 0 Å². The minimum absolute atomic E-state index is 0.0221. The number of carbonyl (C=O) groups excluding carboxylic acids is 1. The molecule has 0 amide bonds. The minimum Gasteiger partial charge on any atom is -0.463 e. The van der Waals surface area contributed by atoms with Crippen molar-refractivity contribution >= 4 is 55.3 Å². The number of benzene rings is 1. The van der Waals surface area contributed by atoms with E-state index < -0.39 is 39.3 Å². The van der Waals surface area contributed by atoms with Crippen LogP contribution in [0.25, 0.3) is 0 Å². The fourth-order valence-corrected chi connectivity index (χ4v) is 5.62. The smallest absolute Gasteiger partial charge is 0.463 e. The molecule has 1 fully saturated rings. The van der Waals surface area contributed by atoms with Crippen molar-refractivity contribution in [1.29, 1.82) is 0 Å². The number of amidine groups is 1. The van der Waals surface area contributed by atoms with Crippen LogP contribution in [0.1, 0.15) is 30.0 Å². The van der Waals surface area contributed by atoms with Gasteiger partial charge in [-0.15, -0.1) is 15.7 Å². The average Bonchev–Trinajstić information content (AvgIpc) is 3.46. The van der Waals surface area contributed by atoms with E-state index in [-0.39, 0.29) is 25.1 Å². The van der Waals surface area contributed by atoms with Gasteiger partial charge in [0.05, 0.1) is 18.1 Å². The Morgan fingerprint density at radius 2 is 2.14 bits per heavy atom. The van der Waals surface area contributed by atoms with Gasteiger partial charge in [-0.1, -0.05) is 22.0 Å². The Balaban J connectivity index is 1.85. The van der Waals surface area contributed by atoms with E-state index in [9.17, 15) is 30.8 Å². The molecule has 2 aromatic rings. The highest BCUT2D eigenvalue weighted by Crippen LogP contribution is 2.43. The van der Waals surface area contributed by atoms with E-state index in [4.69, 9.17) is 9.73 Å². The number of ether oxygens (including phenoxy) is 1. The van der Waals surface area contributed by atoms with Crippen LogP contribution in [0.4, 0.5) is 17.6 Å². The lowest BCUT2D eigenvalue weighted by atomic mass is 9.94. The number of alkyl halides is 3. The third-order valence-corrected chi connectivity index (χ3v) is 7.94. The molecule has 3 heterocycles. The molecule has 1 unspecified atom stereocenters. The summed E-state index contributed by atoms with van der Waals surface area (Å²) in [5, 5.41) is 2.19. The lowest BCUT2D eigenvalue weighted by molar-refractivity contribution is -0.285. The van der Waals surface area contributed by atoms with Gasteiger partial charge >= 0.3 is 21.5 Å². The molecule has 8 nitrogen and oxygen atoms in total. The summed E-state index contributed by atoms with van der Waals surface area (Å²) in [6.07, 6.45) is 2.42. The van der Waals surface area contributed by atoms with Gasteiger partial charge in [-0.05, 0) is 24.6 Å². The highest BCUT2D eigenvalue weighted by molar-refractivity contribution is 9.10. The van der Waals surface area contributed by atoms with Gasteiger partial charge in [0.2, 0.25) is 0 Å². The first-order valence-corrected chi connectivity index (χ1v) is 13.6. The third kappa shape index (κ3) is 5.09. The maximum absolute atomic E-state index is 13.8. The zero-order valence-corrected chi connectivity index (χ0v) is 21.6. The summed E-state index contributed by atoms with van der Waals surface area (Å²) >= 11 is 4.58. The maximum atomic E-state index is 13.8. The number of carbonyl (C=O) groups is 1. The number of hydrogen-bond acceptors (Lipinski definition) is 8. The Morgan fingerprint density at radius 3 is 2.75 bits per heavy atom. The van der Waals surface area contributed by atoms with Gasteiger partial charge in [-0.25, -0.2) is 14.2 Å². The highest BCUT2D eigenvalue weighted by Gasteiger charge is 2.51. The molecule has 0 bridgehead atoms. The lowest BCUT2D eigenvalue weighted by Gasteiger charge is -2.31. The van der Waals surface area contributed by atoms with Crippen molar-refractivity contribution in [2.45, 2.75) is 24.9 Å². The van der Waals surface area contributed by atoms with Crippen LogP contribution < -0.4 is 4.40 Å². The Hall–Kier alpha value is -2.65. The van der Waals surface area contributed by atoms with Crippen LogP contribution in [-0.4, -0.2) is 55.0 Å². The first kappa shape index (κ1) is 26.4. The van der Waals surface area contributed by atoms with Crippen LogP contribution in [0.5, 0.6) is 0 Å². The highest BCUT2D eigenvalue weighted by atomic mass is 79.9. The molecule has 2 atom stereocenters. The fraction of sp³-hybridized carbons (Fsp3) is 0.333. The quantitative estimate of drug-likeness (QED) is 0.307. The summed E-state index contributed by atoms with van der Waals surface area (Å²) < 4.78 is 82.3. The Labute approximate surface area is 215 Å². The standard InChI is InChI=1S/C21H17BrF4N4O4S2/c1-2-34-20(31)16-15-7-11(9-28-36(32,33)21(24,25)26)10-30(15)18(19-27-5-6-35-19)29-17(16)13-4-3-12(23)8-14(13)22/h3-6,8-9,11,17H,2,7,10H2,1H3/p+1/b28-9+/t11?,17-/m0/s1. The second kappa shape index (κ2) is 10.0. The van der Waals surface area contributed by atoms with Crippen molar-refractivity contribution in [3.8, 4) is 0 Å². The number of halogens is 5. The molecule has 1 N–H and O–H groups in total. The number of esters is 1. The number of hydrogen-bond donors (Lipinski definition) is 1. The van der Waals surface area contributed by atoms with Crippen molar-refractivity contribution in [2.75, 3.05) is 13.2 Å². The number of rotatable bonds is 6. The normalized spacial score (nSPS) is 20.6. The van der Waals surface area contributed by atoms with E-state index in [1.807, 2.05) is 0 Å². The van der Waals surface area contributed by atoms with E-state index in [0.29, 0.717) is 26.6 Å². The van der Waals surface area contributed by atoms with Crippen molar-refractivity contribution in [3.05, 3.63) is 61.9 Å². The molecule has 0 saturated carbocycles. The van der Waals surface area contributed by atoms with Gasteiger partial charge in [0, 0.05) is 34.7 Å². The van der Waals surface area contributed by atoms with Crippen LogP contribution in [0.2, 0.25) is 0 Å². The average molecular weight is 610 g/mol. The molecule has 2 aliphatic heterocycles. The number of nitrogens with one attached hydrogen (secondary N) is 1. The van der Waals surface area contributed by atoms with Crippen LogP contribution >= 0.6 is 27.3 Å². The summed E-state index contributed by atoms with van der Waals surface area (Å²) in [6.45, 7) is 1.71. The van der Waals surface area contributed by atoms with E-state index in [0.717, 1.165) is 6.21 Å². The van der Waals surface area contributed by atoms with Gasteiger partial charge in [-0.3, -0.25) is 4.99 Å². The largest absolute Gasteiger partial charge is 0.560 e. The first-order chi connectivity index (χ1) is 16.9. The Kier molecular flexibility index (Phi) is 7.35. The van der Waals surface area contributed by atoms with E-state index >= 15 is 0 Å². The SMILES string of the molecule is CCOC(=O)C1=C2CC(/C=[NH+]/S(=O)(=O)C(F)(F)F)CN2C(c2nccs2)=N[C@H]1c1ccc(F)cc1Br. The van der Waals surface area contributed by atoms with Crippen molar-refractivity contribution < 1.29 is 39.9 Å². The summed E-state index contributed by atoms with van der Waals surface area (Å²) in [5.41, 5.74) is -4.48. The monoisotopic (exact) mass is 609 g/mol. The molecule has 192 valence electrons. The molecule has 1 aromatic heterocycles. The summed E-state index contributed by atoms with van der Waals surface area (Å²) in [5.74, 6) is -1.59. The molecule has 36 heavy (non-hydrogen) atoms. The second-order valence-electron chi connectivity index (χ2n) is 7.75. The summed E-state index contributed by atoms with van der Waals surface area (Å²) in [6, 6.07) is 2.98. The maximum Gasteiger partial charge on any atom is 0.560 e. The topological polar surface area (TPSA) is 103 Å². The van der Waals surface area contributed by atoms with Crippen LogP contribution in [-0.2, 0) is 19.6 Å². The van der Waals surface area contributed by atoms with Crippen LogP contribution in [0.15, 0.2) is 50.5 Å². The summed E-state index contributed by atoms with van der Waals surface area (Å²) in [4.78, 5) is 23.8. The van der Waals surface area contributed by atoms with Gasteiger partial charge in [0.1, 0.15) is 11.9 Å². The Bertz CT molecular complexity index is 1370. The van der Waals surface area contributed by atoms with E-state index in [1.165, 1.54) is 33.9 Å². The number of allylic oxidation sites excluding steroid dienone is 1. The molecule has 15 heteroatoms. The Morgan fingerprint density at radius 1 is 1.39 bits per heavy atom. The number of fused-ring (bicyclic) bond motifs is 1. The van der Waals surface area contributed by atoms with Crippen molar-refractivity contribution in [3.63, 3.8) is 0 Å². The molecule has 0 aliphatic carbocycles. The summed E-state index contributed by atoms with van der Waals surface area (Å²) in [7, 11) is -5.59. The van der Waals surface area contributed by atoms with Crippen LogP contribution in [0, 0.1) is 11.7 Å². The fourth-order valence-electron chi connectivity index (χ4n) is 3.91. The van der Waals surface area contributed by atoms with Gasteiger partial charge in [-0.2, -0.15) is 21.6 Å².